The lowest BCUT2D eigenvalue weighted by atomic mass is 10.0. The summed E-state index contributed by atoms with van der Waals surface area (Å²) >= 11 is 0. The Hall–Kier alpha value is -1.67. The highest BCUT2D eigenvalue weighted by molar-refractivity contribution is 5.56. The smallest absolute Gasteiger partial charge is 0.167 e. The van der Waals surface area contributed by atoms with Crippen LogP contribution >= 0.6 is 0 Å². The molecule has 0 amide bonds. The molecule has 5 heteroatoms. The molecule has 0 spiro atoms. The summed E-state index contributed by atoms with van der Waals surface area (Å²) in [4.78, 5) is 2.31. The molecule has 0 atom stereocenters. The molecule has 0 aliphatic carbocycles. The van der Waals surface area contributed by atoms with Gasteiger partial charge in [-0.05, 0) is 52.4 Å². The fraction of sp³-hybridized carbons (Fsp3) is 0.615. The quantitative estimate of drug-likeness (QED) is 0.854. The van der Waals surface area contributed by atoms with Gasteiger partial charge in [-0.15, -0.1) is 5.10 Å². The third kappa shape index (κ3) is 2.59. The fourth-order valence-electron chi connectivity index (χ4n) is 2.19. The zero-order chi connectivity index (χ0) is 13.1. The first kappa shape index (κ1) is 12.8. The van der Waals surface area contributed by atoms with Crippen LogP contribution in [0.1, 0.15) is 29.7 Å². The number of rotatable bonds is 2. The standard InChI is InChI=1S/C13H19N5/c1-9-10(2)16-17-13(12(9)8-14)15-11-4-6-18(3)7-5-11/h11H,4-7H2,1-3H3,(H,15,17). The van der Waals surface area contributed by atoms with Crippen molar-refractivity contribution in [2.45, 2.75) is 32.7 Å². The first-order chi connectivity index (χ1) is 8.61. The summed E-state index contributed by atoms with van der Waals surface area (Å²) < 4.78 is 0. The summed E-state index contributed by atoms with van der Waals surface area (Å²) in [6.07, 6.45) is 2.16. The topological polar surface area (TPSA) is 64.8 Å². The van der Waals surface area contributed by atoms with Crippen molar-refractivity contribution in [3.63, 3.8) is 0 Å². The number of nitrogens with one attached hydrogen (secondary N) is 1. The molecule has 1 aliphatic rings. The maximum absolute atomic E-state index is 9.23. The maximum Gasteiger partial charge on any atom is 0.167 e. The first-order valence-electron chi connectivity index (χ1n) is 6.31. The highest BCUT2D eigenvalue weighted by Gasteiger charge is 2.19. The van der Waals surface area contributed by atoms with Gasteiger partial charge in [0.1, 0.15) is 11.6 Å². The zero-order valence-electron chi connectivity index (χ0n) is 11.2. The Morgan fingerprint density at radius 2 is 1.94 bits per heavy atom. The average molecular weight is 245 g/mol. The second-order valence-corrected chi connectivity index (χ2v) is 4.97. The van der Waals surface area contributed by atoms with E-state index in [0.717, 1.165) is 37.2 Å². The van der Waals surface area contributed by atoms with E-state index in [9.17, 15) is 5.26 Å². The molecule has 1 N–H and O–H groups in total. The predicted molar refractivity (Wildman–Crippen MR) is 70.4 cm³/mol. The average Bonchev–Trinajstić information content (AvgIpc) is 2.37. The van der Waals surface area contributed by atoms with Crippen LogP contribution in [0.5, 0.6) is 0 Å². The molecular formula is C13H19N5. The van der Waals surface area contributed by atoms with Crippen LogP contribution in [0, 0.1) is 25.2 Å². The molecule has 0 radical (unpaired) electrons. The van der Waals surface area contributed by atoms with E-state index in [-0.39, 0.29) is 0 Å². The number of aromatic nitrogens is 2. The van der Waals surface area contributed by atoms with Gasteiger partial charge in [0.05, 0.1) is 5.69 Å². The largest absolute Gasteiger partial charge is 0.365 e. The highest BCUT2D eigenvalue weighted by Crippen LogP contribution is 2.20. The second kappa shape index (κ2) is 5.32. The maximum atomic E-state index is 9.23. The molecule has 1 fully saturated rings. The first-order valence-corrected chi connectivity index (χ1v) is 6.31. The van der Waals surface area contributed by atoms with Crippen LogP contribution in [-0.4, -0.2) is 41.3 Å². The van der Waals surface area contributed by atoms with Gasteiger partial charge >= 0.3 is 0 Å². The van der Waals surface area contributed by atoms with Crippen molar-refractivity contribution >= 4 is 5.82 Å². The summed E-state index contributed by atoms with van der Waals surface area (Å²) in [5.41, 5.74) is 2.37. The third-order valence-corrected chi connectivity index (χ3v) is 3.63. The highest BCUT2D eigenvalue weighted by atomic mass is 15.2. The van der Waals surface area contributed by atoms with Crippen molar-refractivity contribution in [1.29, 1.82) is 5.26 Å². The molecule has 96 valence electrons. The van der Waals surface area contributed by atoms with E-state index in [1.807, 2.05) is 13.8 Å². The molecule has 0 aromatic carbocycles. The zero-order valence-corrected chi connectivity index (χ0v) is 11.2. The molecule has 0 unspecified atom stereocenters. The van der Waals surface area contributed by atoms with Gasteiger partial charge in [-0.1, -0.05) is 0 Å². The number of hydrogen-bond acceptors (Lipinski definition) is 5. The molecular weight excluding hydrogens is 226 g/mol. The van der Waals surface area contributed by atoms with Crippen molar-refractivity contribution in [1.82, 2.24) is 15.1 Å². The van der Waals surface area contributed by atoms with Crippen molar-refractivity contribution in [3.8, 4) is 6.07 Å². The summed E-state index contributed by atoms with van der Waals surface area (Å²) in [5, 5.41) is 20.8. The summed E-state index contributed by atoms with van der Waals surface area (Å²) in [5.74, 6) is 0.634. The lowest BCUT2D eigenvalue weighted by Gasteiger charge is -2.29. The van der Waals surface area contributed by atoms with E-state index in [2.05, 4.69) is 33.5 Å². The number of piperidine rings is 1. The van der Waals surface area contributed by atoms with Gasteiger partial charge in [-0.25, -0.2) is 0 Å². The van der Waals surface area contributed by atoms with Gasteiger partial charge in [0.15, 0.2) is 5.82 Å². The fourth-order valence-corrected chi connectivity index (χ4v) is 2.19. The number of hydrogen-bond donors (Lipinski definition) is 1. The second-order valence-electron chi connectivity index (χ2n) is 4.97. The minimum Gasteiger partial charge on any atom is -0.365 e. The Balaban J connectivity index is 2.15. The molecule has 0 saturated carbocycles. The lowest BCUT2D eigenvalue weighted by molar-refractivity contribution is 0.263. The molecule has 1 aromatic rings. The molecule has 2 rings (SSSR count). The minimum atomic E-state index is 0.393. The van der Waals surface area contributed by atoms with Crippen LogP contribution in [0.25, 0.3) is 0 Å². The van der Waals surface area contributed by atoms with Crippen LogP contribution in [0.15, 0.2) is 0 Å². The Kier molecular flexibility index (Phi) is 3.78. The number of anilines is 1. The molecule has 18 heavy (non-hydrogen) atoms. The van der Waals surface area contributed by atoms with Gasteiger partial charge in [0.2, 0.25) is 0 Å². The Labute approximate surface area is 108 Å². The van der Waals surface area contributed by atoms with Crippen LogP contribution < -0.4 is 5.32 Å². The van der Waals surface area contributed by atoms with Crippen molar-refractivity contribution in [2.24, 2.45) is 0 Å². The van der Waals surface area contributed by atoms with E-state index in [1.54, 1.807) is 0 Å². The van der Waals surface area contributed by atoms with E-state index < -0.39 is 0 Å². The van der Waals surface area contributed by atoms with E-state index in [1.165, 1.54) is 0 Å². The van der Waals surface area contributed by atoms with Crippen molar-refractivity contribution < 1.29 is 0 Å². The third-order valence-electron chi connectivity index (χ3n) is 3.63. The summed E-state index contributed by atoms with van der Waals surface area (Å²) in [6.45, 7) is 5.96. The molecule has 1 saturated heterocycles. The summed E-state index contributed by atoms with van der Waals surface area (Å²) in [7, 11) is 2.13. The van der Waals surface area contributed by atoms with E-state index in [4.69, 9.17) is 0 Å². The Bertz CT molecular complexity index is 469. The van der Waals surface area contributed by atoms with Gasteiger partial charge in [0.25, 0.3) is 0 Å². The lowest BCUT2D eigenvalue weighted by Crippen LogP contribution is -2.37. The molecule has 5 nitrogen and oxygen atoms in total. The molecule has 2 heterocycles. The molecule has 1 aliphatic heterocycles. The monoisotopic (exact) mass is 245 g/mol. The minimum absolute atomic E-state index is 0.393. The summed E-state index contributed by atoms with van der Waals surface area (Å²) in [6, 6.07) is 2.62. The van der Waals surface area contributed by atoms with Gasteiger partial charge < -0.3 is 10.2 Å². The van der Waals surface area contributed by atoms with E-state index >= 15 is 0 Å². The van der Waals surface area contributed by atoms with E-state index in [0.29, 0.717) is 17.4 Å². The normalized spacial score (nSPS) is 17.4. The van der Waals surface area contributed by atoms with Crippen molar-refractivity contribution in [3.05, 3.63) is 16.8 Å². The van der Waals surface area contributed by atoms with Crippen LogP contribution in [0.2, 0.25) is 0 Å². The van der Waals surface area contributed by atoms with Crippen molar-refractivity contribution in [2.75, 3.05) is 25.5 Å². The van der Waals surface area contributed by atoms with Gasteiger partial charge in [-0.2, -0.15) is 10.4 Å². The molecule has 1 aromatic heterocycles. The van der Waals surface area contributed by atoms with Crippen LogP contribution in [-0.2, 0) is 0 Å². The molecule has 0 bridgehead atoms. The number of nitriles is 1. The predicted octanol–water partition coefficient (Wildman–Crippen LogP) is 1.47. The SMILES string of the molecule is Cc1nnc(NC2CCN(C)CC2)c(C#N)c1C. The number of nitrogens with zero attached hydrogens (tertiary/aromatic N) is 4. The number of likely N-dealkylation sites (tertiary alicyclic amines) is 1. The van der Waals surface area contributed by atoms with Crippen LogP contribution in [0.4, 0.5) is 5.82 Å². The van der Waals surface area contributed by atoms with Crippen LogP contribution in [0.3, 0.4) is 0 Å². The van der Waals surface area contributed by atoms with Gasteiger partial charge in [-0.3, -0.25) is 0 Å². The Morgan fingerprint density at radius 3 is 2.56 bits per heavy atom. The number of aryl methyl sites for hydroxylation is 1. The Morgan fingerprint density at radius 1 is 1.28 bits per heavy atom. The van der Waals surface area contributed by atoms with Gasteiger partial charge in [0, 0.05) is 6.04 Å².